The highest BCUT2D eigenvalue weighted by molar-refractivity contribution is 5.89. The Hall–Kier alpha value is -2.47. The number of ether oxygens (including phenoxy) is 2. The summed E-state index contributed by atoms with van der Waals surface area (Å²) in [4.78, 5) is 11.9. The Bertz CT molecular complexity index is 569. The van der Waals surface area contributed by atoms with Gasteiger partial charge in [-0.1, -0.05) is 6.07 Å². The minimum atomic E-state index is -0.323. The number of carbonyl (C=O) groups excluding carboxylic acids is 1. The van der Waals surface area contributed by atoms with Crippen LogP contribution in [0.2, 0.25) is 0 Å². The maximum absolute atomic E-state index is 11.9. The summed E-state index contributed by atoms with van der Waals surface area (Å²) in [5.74, 6) is 1.34. The lowest BCUT2D eigenvalue weighted by Gasteiger charge is -2.14. The van der Waals surface area contributed by atoms with Gasteiger partial charge in [-0.05, 0) is 24.3 Å². The number of carbonyl (C=O) groups is 1. The second-order valence-electron chi connectivity index (χ2n) is 4.31. The monoisotopic (exact) mass is 290 g/mol. The van der Waals surface area contributed by atoms with Gasteiger partial charge in [0, 0.05) is 18.9 Å². The van der Waals surface area contributed by atoms with Crippen molar-refractivity contribution in [1.82, 2.24) is 5.32 Å². The van der Waals surface area contributed by atoms with Gasteiger partial charge in [-0.15, -0.1) is 0 Å². The number of urea groups is 1. The molecular weight excluding hydrogens is 272 g/mol. The number of furan rings is 1. The number of rotatable bonds is 6. The molecule has 1 unspecified atom stereocenters. The highest BCUT2D eigenvalue weighted by atomic mass is 16.5. The van der Waals surface area contributed by atoms with E-state index in [1.54, 1.807) is 56.9 Å². The molecule has 2 aromatic rings. The molecule has 0 fully saturated rings. The molecule has 0 aliphatic carbocycles. The van der Waals surface area contributed by atoms with Gasteiger partial charge in [-0.3, -0.25) is 0 Å². The average molecular weight is 290 g/mol. The predicted octanol–water partition coefficient (Wildman–Crippen LogP) is 2.80. The minimum absolute atomic E-state index is 0.305. The smallest absolute Gasteiger partial charge is 0.319 e. The van der Waals surface area contributed by atoms with E-state index >= 15 is 0 Å². The minimum Gasteiger partial charge on any atom is -0.497 e. The van der Waals surface area contributed by atoms with E-state index in [-0.39, 0.29) is 12.1 Å². The Morgan fingerprint density at radius 2 is 2.14 bits per heavy atom. The molecule has 2 N–H and O–H groups in total. The first-order valence-corrected chi connectivity index (χ1v) is 6.48. The fraction of sp³-hybridized carbons (Fsp3) is 0.267. The maximum atomic E-state index is 11.9. The molecule has 0 saturated carbocycles. The molecular formula is C15H18N2O4. The van der Waals surface area contributed by atoms with E-state index in [4.69, 9.17) is 13.9 Å². The molecule has 0 radical (unpaired) electrons. The Labute approximate surface area is 123 Å². The van der Waals surface area contributed by atoms with E-state index in [0.717, 1.165) is 0 Å². The van der Waals surface area contributed by atoms with Crippen molar-refractivity contribution in [2.24, 2.45) is 0 Å². The largest absolute Gasteiger partial charge is 0.497 e. The van der Waals surface area contributed by atoms with Crippen LogP contribution in [0.15, 0.2) is 47.1 Å². The maximum Gasteiger partial charge on any atom is 0.319 e. The van der Waals surface area contributed by atoms with E-state index in [0.29, 0.717) is 23.7 Å². The van der Waals surface area contributed by atoms with Crippen LogP contribution in [0, 0.1) is 0 Å². The Morgan fingerprint density at radius 3 is 2.81 bits per heavy atom. The number of benzene rings is 1. The van der Waals surface area contributed by atoms with Crippen molar-refractivity contribution in [3.05, 3.63) is 48.4 Å². The molecule has 1 heterocycles. The molecule has 0 saturated heterocycles. The third-order valence-corrected chi connectivity index (χ3v) is 2.92. The van der Waals surface area contributed by atoms with Crippen LogP contribution in [0.3, 0.4) is 0 Å². The molecule has 1 aromatic heterocycles. The molecule has 1 atom stereocenters. The molecule has 0 aliphatic heterocycles. The van der Waals surface area contributed by atoms with Gasteiger partial charge in [0.15, 0.2) is 0 Å². The number of hydrogen-bond donors (Lipinski definition) is 2. The van der Waals surface area contributed by atoms with Gasteiger partial charge in [0.2, 0.25) is 0 Å². The van der Waals surface area contributed by atoms with Crippen LogP contribution in [-0.2, 0) is 4.74 Å². The van der Waals surface area contributed by atoms with Gasteiger partial charge in [-0.25, -0.2) is 4.79 Å². The molecule has 2 amide bonds. The van der Waals surface area contributed by atoms with Crippen LogP contribution in [0.5, 0.6) is 5.75 Å². The van der Waals surface area contributed by atoms with Crippen LogP contribution in [0.1, 0.15) is 11.9 Å². The fourth-order valence-electron chi connectivity index (χ4n) is 1.84. The molecule has 0 spiro atoms. The van der Waals surface area contributed by atoms with Crippen LogP contribution < -0.4 is 15.4 Å². The van der Waals surface area contributed by atoms with Crippen molar-refractivity contribution in [3.63, 3.8) is 0 Å². The van der Waals surface area contributed by atoms with Crippen molar-refractivity contribution in [3.8, 4) is 5.75 Å². The number of hydrogen-bond acceptors (Lipinski definition) is 4. The van der Waals surface area contributed by atoms with Crippen LogP contribution in [0.4, 0.5) is 10.5 Å². The van der Waals surface area contributed by atoms with Gasteiger partial charge >= 0.3 is 6.03 Å². The topological polar surface area (TPSA) is 72.7 Å². The van der Waals surface area contributed by atoms with E-state index in [9.17, 15) is 4.79 Å². The number of nitrogens with one attached hydrogen (secondary N) is 2. The van der Waals surface area contributed by atoms with Gasteiger partial charge in [-0.2, -0.15) is 0 Å². The molecule has 1 aromatic carbocycles. The normalized spacial score (nSPS) is 11.7. The van der Waals surface area contributed by atoms with Crippen LogP contribution >= 0.6 is 0 Å². The van der Waals surface area contributed by atoms with E-state index in [1.807, 2.05) is 0 Å². The van der Waals surface area contributed by atoms with Gasteiger partial charge in [0.1, 0.15) is 17.6 Å². The lowest BCUT2D eigenvalue weighted by Crippen LogP contribution is -2.32. The second-order valence-corrected chi connectivity index (χ2v) is 4.31. The van der Waals surface area contributed by atoms with Crippen molar-refractivity contribution in [1.29, 1.82) is 0 Å². The molecule has 0 bridgehead atoms. The summed E-state index contributed by atoms with van der Waals surface area (Å²) in [6, 6.07) is 10.4. The summed E-state index contributed by atoms with van der Waals surface area (Å²) in [5, 5.41) is 5.46. The summed E-state index contributed by atoms with van der Waals surface area (Å²) in [6.07, 6.45) is 1.24. The second kappa shape index (κ2) is 7.35. The summed E-state index contributed by atoms with van der Waals surface area (Å²) in [6.45, 7) is 0.305. The first-order chi connectivity index (χ1) is 10.2. The highest BCUT2D eigenvalue weighted by Crippen LogP contribution is 2.17. The van der Waals surface area contributed by atoms with Crippen molar-refractivity contribution >= 4 is 11.7 Å². The summed E-state index contributed by atoms with van der Waals surface area (Å²) >= 11 is 0. The van der Waals surface area contributed by atoms with Crippen molar-refractivity contribution < 1.29 is 18.7 Å². The molecule has 6 heteroatoms. The Morgan fingerprint density at radius 1 is 1.29 bits per heavy atom. The first kappa shape index (κ1) is 14.9. The predicted molar refractivity (Wildman–Crippen MR) is 78.5 cm³/mol. The highest BCUT2D eigenvalue weighted by Gasteiger charge is 2.14. The fourth-order valence-corrected chi connectivity index (χ4v) is 1.84. The first-order valence-electron chi connectivity index (χ1n) is 6.48. The quantitative estimate of drug-likeness (QED) is 0.858. The lowest BCUT2D eigenvalue weighted by molar-refractivity contribution is 0.0855. The number of methoxy groups -OCH3 is 2. The number of amides is 2. The summed E-state index contributed by atoms with van der Waals surface area (Å²) < 4.78 is 15.6. The molecule has 6 nitrogen and oxygen atoms in total. The zero-order valence-corrected chi connectivity index (χ0v) is 12.0. The molecule has 21 heavy (non-hydrogen) atoms. The molecule has 0 aliphatic rings. The zero-order chi connectivity index (χ0) is 15.1. The van der Waals surface area contributed by atoms with Crippen LogP contribution in [0.25, 0.3) is 0 Å². The van der Waals surface area contributed by atoms with Crippen molar-refractivity contribution in [2.75, 3.05) is 26.1 Å². The lowest BCUT2D eigenvalue weighted by atomic mass is 10.2. The number of anilines is 1. The third-order valence-electron chi connectivity index (χ3n) is 2.92. The van der Waals surface area contributed by atoms with Crippen molar-refractivity contribution in [2.45, 2.75) is 6.10 Å². The van der Waals surface area contributed by atoms with E-state index in [1.165, 1.54) is 0 Å². The third kappa shape index (κ3) is 4.25. The Balaban J connectivity index is 1.86. The van der Waals surface area contributed by atoms with E-state index < -0.39 is 0 Å². The van der Waals surface area contributed by atoms with E-state index in [2.05, 4.69) is 10.6 Å². The van der Waals surface area contributed by atoms with Gasteiger partial charge in [0.05, 0.1) is 19.9 Å². The Kier molecular flexibility index (Phi) is 5.22. The van der Waals surface area contributed by atoms with Gasteiger partial charge < -0.3 is 24.5 Å². The van der Waals surface area contributed by atoms with Gasteiger partial charge in [0.25, 0.3) is 0 Å². The SMILES string of the molecule is COc1cccc(NC(=O)NCC(OC)c2ccco2)c1. The molecule has 112 valence electrons. The molecule has 2 rings (SSSR count). The average Bonchev–Trinajstić information content (AvgIpc) is 3.02. The standard InChI is InChI=1S/C15H18N2O4/c1-19-12-6-3-5-11(9-12)17-15(18)16-10-14(20-2)13-7-4-8-21-13/h3-9,14H,10H2,1-2H3,(H2,16,17,18). The van der Waals surface area contributed by atoms with Crippen LogP contribution in [-0.4, -0.2) is 26.8 Å². The zero-order valence-electron chi connectivity index (χ0n) is 12.0. The summed E-state index contributed by atoms with van der Waals surface area (Å²) in [5.41, 5.74) is 0.652. The summed E-state index contributed by atoms with van der Waals surface area (Å²) in [7, 11) is 3.14.